The molecule has 96 valence electrons. The maximum atomic E-state index is 11.7. The maximum Gasteiger partial charge on any atom is 0.237 e. The summed E-state index contributed by atoms with van der Waals surface area (Å²) in [5.74, 6) is -0.110. The van der Waals surface area contributed by atoms with E-state index < -0.39 is 6.04 Å². The molecule has 1 atom stereocenters. The normalized spacial score (nSPS) is 13.5. The predicted molar refractivity (Wildman–Crippen MR) is 67.4 cm³/mol. The van der Waals surface area contributed by atoms with Crippen LogP contribution in [0.15, 0.2) is 12.4 Å². The number of amides is 1. The number of hydrogen-bond donors (Lipinski definition) is 2. The second-order valence-corrected chi connectivity index (χ2v) is 5.42. The van der Waals surface area contributed by atoms with E-state index in [0.29, 0.717) is 13.1 Å². The molecule has 0 saturated heterocycles. The summed E-state index contributed by atoms with van der Waals surface area (Å²) >= 11 is 0. The van der Waals surface area contributed by atoms with E-state index in [2.05, 4.69) is 10.4 Å². The molecule has 0 radical (unpaired) electrons. The average molecular weight is 238 g/mol. The van der Waals surface area contributed by atoms with Crippen molar-refractivity contribution < 1.29 is 4.79 Å². The Balaban J connectivity index is 2.34. The molecular weight excluding hydrogens is 216 g/mol. The van der Waals surface area contributed by atoms with Crippen molar-refractivity contribution in [1.82, 2.24) is 15.1 Å². The number of aryl methyl sites for hydroxylation is 1. The predicted octanol–water partition coefficient (Wildman–Crippen LogP) is 0.681. The summed E-state index contributed by atoms with van der Waals surface area (Å²) in [6.07, 6.45) is 3.73. The molecule has 0 unspecified atom stereocenters. The molecule has 0 spiro atoms. The van der Waals surface area contributed by atoms with Crippen LogP contribution in [0, 0.1) is 12.3 Å². The molecule has 1 aromatic heterocycles. The fourth-order valence-corrected chi connectivity index (χ4v) is 1.39. The molecule has 0 bridgehead atoms. The zero-order valence-electron chi connectivity index (χ0n) is 11.0. The number of rotatable bonds is 4. The number of nitrogens with one attached hydrogen (secondary N) is 1. The molecule has 0 aliphatic heterocycles. The first kappa shape index (κ1) is 13.7. The topological polar surface area (TPSA) is 72.9 Å². The van der Waals surface area contributed by atoms with Crippen molar-refractivity contribution >= 4 is 5.91 Å². The Kier molecular flexibility index (Phi) is 4.28. The first-order chi connectivity index (χ1) is 7.80. The van der Waals surface area contributed by atoms with Crippen molar-refractivity contribution in [2.45, 2.75) is 40.3 Å². The van der Waals surface area contributed by atoms with Crippen molar-refractivity contribution in [3.63, 3.8) is 0 Å². The third-order valence-electron chi connectivity index (χ3n) is 2.62. The molecule has 5 nitrogen and oxygen atoms in total. The Bertz CT molecular complexity index is 378. The number of nitrogens with two attached hydrogens (primary N) is 1. The van der Waals surface area contributed by atoms with E-state index in [1.165, 1.54) is 0 Å². The summed E-state index contributed by atoms with van der Waals surface area (Å²) in [5, 5.41) is 6.96. The van der Waals surface area contributed by atoms with Gasteiger partial charge in [-0.2, -0.15) is 5.10 Å². The summed E-state index contributed by atoms with van der Waals surface area (Å²) in [6, 6.07) is -0.484. The number of hydrogen-bond acceptors (Lipinski definition) is 3. The number of carbonyl (C=O) groups excluding carboxylic acids is 1. The van der Waals surface area contributed by atoms with Gasteiger partial charge in [0, 0.05) is 12.7 Å². The molecule has 1 aromatic rings. The zero-order valence-corrected chi connectivity index (χ0v) is 11.0. The van der Waals surface area contributed by atoms with Gasteiger partial charge < -0.3 is 11.1 Å². The van der Waals surface area contributed by atoms with Crippen LogP contribution in [0.1, 0.15) is 26.3 Å². The lowest BCUT2D eigenvalue weighted by Crippen LogP contribution is -2.49. The lowest BCUT2D eigenvalue weighted by molar-refractivity contribution is -0.124. The molecule has 17 heavy (non-hydrogen) atoms. The van der Waals surface area contributed by atoms with Crippen LogP contribution in [0.25, 0.3) is 0 Å². The van der Waals surface area contributed by atoms with E-state index in [1.54, 1.807) is 10.9 Å². The maximum absolute atomic E-state index is 11.7. The molecule has 1 heterocycles. The van der Waals surface area contributed by atoms with Crippen LogP contribution in [-0.4, -0.2) is 28.3 Å². The molecule has 0 fully saturated rings. The van der Waals surface area contributed by atoms with Crippen LogP contribution in [0.3, 0.4) is 0 Å². The van der Waals surface area contributed by atoms with Crippen LogP contribution in [0.4, 0.5) is 0 Å². The van der Waals surface area contributed by atoms with Gasteiger partial charge in [0.1, 0.15) is 0 Å². The van der Waals surface area contributed by atoms with Crippen LogP contribution < -0.4 is 11.1 Å². The van der Waals surface area contributed by atoms with Gasteiger partial charge in [0.15, 0.2) is 0 Å². The van der Waals surface area contributed by atoms with E-state index in [0.717, 1.165) is 5.56 Å². The lowest BCUT2D eigenvalue weighted by atomic mass is 9.87. The molecular formula is C12H22N4O. The van der Waals surface area contributed by atoms with Crippen molar-refractivity contribution in [3.05, 3.63) is 18.0 Å². The van der Waals surface area contributed by atoms with Crippen LogP contribution in [-0.2, 0) is 11.3 Å². The van der Waals surface area contributed by atoms with Gasteiger partial charge >= 0.3 is 0 Å². The Hall–Kier alpha value is -1.36. The average Bonchev–Trinajstić information content (AvgIpc) is 2.61. The highest BCUT2D eigenvalue weighted by atomic mass is 16.2. The fraction of sp³-hybridized carbons (Fsp3) is 0.667. The minimum atomic E-state index is -0.484. The van der Waals surface area contributed by atoms with Gasteiger partial charge in [0.05, 0.1) is 18.8 Å². The second-order valence-electron chi connectivity index (χ2n) is 5.42. The summed E-state index contributed by atoms with van der Waals surface area (Å²) in [5.41, 5.74) is 6.74. The molecule has 0 aliphatic carbocycles. The van der Waals surface area contributed by atoms with Gasteiger partial charge in [-0.1, -0.05) is 20.8 Å². The van der Waals surface area contributed by atoms with E-state index >= 15 is 0 Å². The first-order valence-electron chi connectivity index (χ1n) is 5.83. The zero-order chi connectivity index (χ0) is 13.1. The van der Waals surface area contributed by atoms with Gasteiger partial charge in [-0.25, -0.2) is 0 Å². The van der Waals surface area contributed by atoms with E-state index in [4.69, 9.17) is 5.73 Å². The minimum Gasteiger partial charge on any atom is -0.353 e. The third kappa shape index (κ3) is 4.19. The SMILES string of the molecule is Cc1cnn(CCNC(=O)[C@@H](N)C(C)(C)C)c1. The number of aromatic nitrogens is 2. The second kappa shape index (κ2) is 5.31. The van der Waals surface area contributed by atoms with Gasteiger partial charge in [-0.05, 0) is 17.9 Å². The van der Waals surface area contributed by atoms with Gasteiger partial charge in [0.2, 0.25) is 5.91 Å². The fourth-order valence-electron chi connectivity index (χ4n) is 1.39. The molecule has 0 saturated carbocycles. The quantitative estimate of drug-likeness (QED) is 0.810. The Morgan fingerprint density at radius 3 is 2.71 bits per heavy atom. The van der Waals surface area contributed by atoms with Crippen molar-refractivity contribution in [3.8, 4) is 0 Å². The summed E-state index contributed by atoms with van der Waals surface area (Å²) in [7, 11) is 0. The smallest absolute Gasteiger partial charge is 0.237 e. The van der Waals surface area contributed by atoms with Gasteiger partial charge in [-0.3, -0.25) is 9.48 Å². The molecule has 1 rings (SSSR count). The van der Waals surface area contributed by atoms with Crippen molar-refractivity contribution in [2.24, 2.45) is 11.1 Å². The van der Waals surface area contributed by atoms with E-state index in [-0.39, 0.29) is 11.3 Å². The highest BCUT2D eigenvalue weighted by molar-refractivity contribution is 5.82. The van der Waals surface area contributed by atoms with E-state index in [1.807, 2.05) is 33.9 Å². The largest absolute Gasteiger partial charge is 0.353 e. The Morgan fingerprint density at radius 2 is 2.24 bits per heavy atom. The summed E-state index contributed by atoms with van der Waals surface area (Å²) in [6.45, 7) is 9.05. The van der Waals surface area contributed by atoms with Gasteiger partial charge in [-0.15, -0.1) is 0 Å². The highest BCUT2D eigenvalue weighted by Gasteiger charge is 2.26. The summed E-state index contributed by atoms with van der Waals surface area (Å²) in [4.78, 5) is 11.7. The Labute approximate surface area is 102 Å². The molecule has 0 aromatic carbocycles. The number of carbonyl (C=O) groups is 1. The number of nitrogens with zero attached hydrogens (tertiary/aromatic N) is 2. The van der Waals surface area contributed by atoms with Crippen LogP contribution in [0.5, 0.6) is 0 Å². The van der Waals surface area contributed by atoms with E-state index in [9.17, 15) is 4.79 Å². The van der Waals surface area contributed by atoms with Crippen LogP contribution >= 0.6 is 0 Å². The monoisotopic (exact) mass is 238 g/mol. The third-order valence-corrected chi connectivity index (χ3v) is 2.62. The highest BCUT2D eigenvalue weighted by Crippen LogP contribution is 2.16. The van der Waals surface area contributed by atoms with Crippen LogP contribution in [0.2, 0.25) is 0 Å². The molecule has 1 amide bonds. The van der Waals surface area contributed by atoms with Gasteiger partial charge in [0.25, 0.3) is 0 Å². The first-order valence-corrected chi connectivity index (χ1v) is 5.83. The lowest BCUT2D eigenvalue weighted by Gasteiger charge is -2.25. The molecule has 3 N–H and O–H groups in total. The Morgan fingerprint density at radius 1 is 1.59 bits per heavy atom. The molecule has 5 heteroatoms. The summed E-state index contributed by atoms with van der Waals surface area (Å²) < 4.78 is 1.80. The molecule has 0 aliphatic rings. The standard InChI is InChI=1S/C12H22N4O/c1-9-7-15-16(8-9)6-5-14-11(17)10(13)12(2,3)4/h7-8,10H,5-6,13H2,1-4H3,(H,14,17)/t10-/m1/s1. The van der Waals surface area contributed by atoms with Crippen molar-refractivity contribution in [2.75, 3.05) is 6.54 Å². The van der Waals surface area contributed by atoms with Crippen molar-refractivity contribution in [1.29, 1.82) is 0 Å². The minimum absolute atomic E-state index is 0.110.